The molecule has 4 heteroatoms. The maximum Gasteiger partial charge on any atom is 0.128 e. The molecule has 1 aliphatic rings. The number of rotatable bonds is 3. The summed E-state index contributed by atoms with van der Waals surface area (Å²) in [7, 11) is 1.93. The first-order chi connectivity index (χ1) is 9.02. The van der Waals surface area contributed by atoms with Crippen molar-refractivity contribution in [3.63, 3.8) is 0 Å². The maximum absolute atomic E-state index is 14.0. The Labute approximate surface area is 113 Å². The van der Waals surface area contributed by atoms with Crippen LogP contribution < -0.4 is 5.32 Å². The number of hydrogen-bond donors (Lipinski definition) is 1. The SMILES string of the molecule is CN[C@@H]1CCN(C(C)C)C(c2cc(F)ccc2F)C1. The third kappa shape index (κ3) is 3.12. The smallest absolute Gasteiger partial charge is 0.128 e. The second-order valence-electron chi connectivity index (χ2n) is 5.52. The fourth-order valence-electron chi connectivity index (χ4n) is 2.94. The van der Waals surface area contributed by atoms with Crippen LogP contribution in [0.5, 0.6) is 0 Å². The van der Waals surface area contributed by atoms with Crippen LogP contribution in [0.4, 0.5) is 8.78 Å². The lowest BCUT2D eigenvalue weighted by Gasteiger charge is -2.42. The van der Waals surface area contributed by atoms with Gasteiger partial charge in [-0.25, -0.2) is 8.78 Å². The van der Waals surface area contributed by atoms with E-state index in [2.05, 4.69) is 24.1 Å². The highest BCUT2D eigenvalue weighted by Gasteiger charge is 2.32. The van der Waals surface area contributed by atoms with Crippen molar-refractivity contribution in [3.05, 3.63) is 35.4 Å². The van der Waals surface area contributed by atoms with Gasteiger partial charge >= 0.3 is 0 Å². The van der Waals surface area contributed by atoms with Gasteiger partial charge in [0.1, 0.15) is 11.6 Å². The van der Waals surface area contributed by atoms with Gasteiger partial charge in [-0.2, -0.15) is 0 Å². The lowest BCUT2D eigenvalue weighted by molar-refractivity contribution is 0.0920. The molecule has 1 heterocycles. The van der Waals surface area contributed by atoms with Crippen LogP contribution in [-0.4, -0.2) is 30.6 Å². The summed E-state index contributed by atoms with van der Waals surface area (Å²) in [4.78, 5) is 2.26. The van der Waals surface area contributed by atoms with E-state index in [0.29, 0.717) is 17.6 Å². The van der Waals surface area contributed by atoms with Crippen LogP contribution >= 0.6 is 0 Å². The van der Waals surface area contributed by atoms with Crippen LogP contribution in [0.1, 0.15) is 38.3 Å². The zero-order valence-corrected chi connectivity index (χ0v) is 11.8. The zero-order valence-electron chi connectivity index (χ0n) is 11.8. The molecular formula is C15H22F2N2. The largest absolute Gasteiger partial charge is 0.317 e. The molecule has 0 amide bonds. The summed E-state index contributed by atoms with van der Waals surface area (Å²) in [5.41, 5.74) is 0.480. The normalized spacial score (nSPS) is 24.9. The Morgan fingerprint density at radius 2 is 2.05 bits per heavy atom. The minimum atomic E-state index is -0.369. The van der Waals surface area contributed by atoms with Crippen LogP contribution in [0, 0.1) is 11.6 Å². The van der Waals surface area contributed by atoms with Gasteiger partial charge in [-0.3, -0.25) is 4.90 Å². The van der Waals surface area contributed by atoms with Gasteiger partial charge in [0.05, 0.1) is 0 Å². The molecule has 1 aromatic carbocycles. The van der Waals surface area contributed by atoms with Gasteiger partial charge in [-0.05, 0) is 51.9 Å². The van der Waals surface area contributed by atoms with E-state index in [4.69, 9.17) is 0 Å². The van der Waals surface area contributed by atoms with Crippen LogP contribution in [0.25, 0.3) is 0 Å². The van der Waals surface area contributed by atoms with Gasteiger partial charge in [0.2, 0.25) is 0 Å². The molecule has 2 atom stereocenters. The van der Waals surface area contributed by atoms with Gasteiger partial charge in [-0.1, -0.05) is 0 Å². The van der Waals surface area contributed by atoms with E-state index < -0.39 is 0 Å². The lowest BCUT2D eigenvalue weighted by atomic mass is 9.90. The summed E-state index contributed by atoms with van der Waals surface area (Å²) in [6, 6.07) is 4.38. The number of likely N-dealkylation sites (tertiary alicyclic amines) is 1. The first kappa shape index (κ1) is 14.4. The Balaban J connectivity index is 2.33. The first-order valence-electron chi connectivity index (χ1n) is 6.91. The monoisotopic (exact) mass is 268 g/mol. The molecule has 0 spiro atoms. The quantitative estimate of drug-likeness (QED) is 0.906. The van der Waals surface area contributed by atoms with Gasteiger partial charge in [0.25, 0.3) is 0 Å². The van der Waals surface area contributed by atoms with E-state index in [1.807, 2.05) is 7.05 Å². The van der Waals surface area contributed by atoms with Crippen LogP contribution in [0.2, 0.25) is 0 Å². The highest BCUT2D eigenvalue weighted by atomic mass is 19.1. The number of nitrogens with zero attached hydrogens (tertiary/aromatic N) is 1. The van der Waals surface area contributed by atoms with Crippen LogP contribution in [0.3, 0.4) is 0 Å². The number of hydrogen-bond acceptors (Lipinski definition) is 2. The van der Waals surface area contributed by atoms with E-state index >= 15 is 0 Å². The first-order valence-corrected chi connectivity index (χ1v) is 6.91. The van der Waals surface area contributed by atoms with Gasteiger partial charge in [0.15, 0.2) is 0 Å². The lowest BCUT2D eigenvalue weighted by Crippen LogP contribution is -2.46. The van der Waals surface area contributed by atoms with Gasteiger partial charge < -0.3 is 5.32 Å². The molecule has 2 nitrogen and oxygen atoms in total. The van der Waals surface area contributed by atoms with Crippen molar-refractivity contribution in [2.75, 3.05) is 13.6 Å². The third-order valence-corrected chi connectivity index (χ3v) is 4.03. The Bertz CT molecular complexity index is 434. The minimum Gasteiger partial charge on any atom is -0.317 e. The van der Waals surface area contributed by atoms with E-state index in [-0.39, 0.29) is 17.7 Å². The molecule has 0 aromatic heterocycles. The number of nitrogens with one attached hydrogen (secondary N) is 1. The van der Waals surface area contributed by atoms with Gasteiger partial charge in [-0.15, -0.1) is 0 Å². The highest BCUT2D eigenvalue weighted by Crippen LogP contribution is 2.34. The van der Waals surface area contributed by atoms with Crippen LogP contribution in [0.15, 0.2) is 18.2 Å². The molecule has 1 N–H and O–H groups in total. The fraction of sp³-hybridized carbons (Fsp3) is 0.600. The molecule has 1 aliphatic heterocycles. The number of benzene rings is 1. The second kappa shape index (κ2) is 5.97. The topological polar surface area (TPSA) is 15.3 Å². The average Bonchev–Trinajstić information content (AvgIpc) is 2.40. The molecule has 0 bridgehead atoms. The molecule has 106 valence electrons. The predicted molar refractivity (Wildman–Crippen MR) is 73.0 cm³/mol. The summed E-state index contributed by atoms with van der Waals surface area (Å²) < 4.78 is 27.4. The van der Waals surface area contributed by atoms with Crippen molar-refractivity contribution in [2.45, 2.75) is 44.8 Å². The van der Waals surface area contributed by atoms with Crippen molar-refractivity contribution in [2.24, 2.45) is 0 Å². The van der Waals surface area contributed by atoms with E-state index in [0.717, 1.165) is 19.4 Å². The van der Waals surface area contributed by atoms with Gasteiger partial charge in [0, 0.05) is 30.2 Å². The van der Waals surface area contributed by atoms with Crippen LogP contribution in [-0.2, 0) is 0 Å². The van der Waals surface area contributed by atoms with E-state index in [1.54, 1.807) is 0 Å². The molecule has 0 saturated carbocycles. The third-order valence-electron chi connectivity index (χ3n) is 4.03. The highest BCUT2D eigenvalue weighted by molar-refractivity contribution is 5.23. The van der Waals surface area contributed by atoms with E-state index in [1.165, 1.54) is 18.2 Å². The molecule has 1 unspecified atom stereocenters. The molecule has 2 rings (SSSR count). The Kier molecular flexibility index (Phi) is 4.53. The van der Waals surface area contributed by atoms with Crippen molar-refractivity contribution in [1.29, 1.82) is 0 Å². The standard InChI is InChI=1S/C15H22F2N2/c1-10(2)19-7-6-12(18-3)9-15(19)13-8-11(16)4-5-14(13)17/h4-5,8,10,12,15,18H,6-7,9H2,1-3H3/t12-,15?/m1/s1. The molecule has 1 fully saturated rings. The summed E-state index contributed by atoms with van der Waals surface area (Å²) in [5.74, 6) is -0.680. The Hall–Kier alpha value is -1.00. The Morgan fingerprint density at radius 3 is 2.68 bits per heavy atom. The average molecular weight is 268 g/mol. The summed E-state index contributed by atoms with van der Waals surface area (Å²) in [6.07, 6.45) is 1.86. The molecule has 19 heavy (non-hydrogen) atoms. The number of piperidine rings is 1. The molecule has 0 radical (unpaired) electrons. The summed E-state index contributed by atoms with van der Waals surface area (Å²) >= 11 is 0. The predicted octanol–water partition coefficient (Wildman–Crippen LogP) is 3.10. The zero-order chi connectivity index (χ0) is 14.0. The Morgan fingerprint density at radius 1 is 1.32 bits per heavy atom. The van der Waals surface area contributed by atoms with Crippen molar-refractivity contribution in [3.8, 4) is 0 Å². The second-order valence-corrected chi connectivity index (χ2v) is 5.52. The number of halogens is 2. The van der Waals surface area contributed by atoms with E-state index in [9.17, 15) is 8.78 Å². The summed E-state index contributed by atoms with van der Waals surface area (Å²) in [5, 5.41) is 3.25. The molecular weight excluding hydrogens is 246 g/mol. The summed E-state index contributed by atoms with van der Waals surface area (Å²) in [6.45, 7) is 5.11. The fourth-order valence-corrected chi connectivity index (χ4v) is 2.94. The van der Waals surface area contributed by atoms with Crippen molar-refractivity contribution in [1.82, 2.24) is 10.2 Å². The van der Waals surface area contributed by atoms with Crippen molar-refractivity contribution >= 4 is 0 Å². The minimum absolute atomic E-state index is 0.0538. The maximum atomic E-state index is 14.0. The molecule has 1 saturated heterocycles. The molecule has 1 aromatic rings. The molecule has 0 aliphatic carbocycles. The van der Waals surface area contributed by atoms with Crippen molar-refractivity contribution < 1.29 is 8.78 Å².